The number of hydrogen-bond acceptors (Lipinski definition) is 2. The van der Waals surface area contributed by atoms with Crippen molar-refractivity contribution in [2.75, 3.05) is 0 Å². The van der Waals surface area contributed by atoms with E-state index in [1.54, 1.807) is 30.0 Å². The lowest BCUT2D eigenvalue weighted by molar-refractivity contribution is -0.140. The molecule has 0 heterocycles. The number of hydrogen-bond donors (Lipinski definition) is 1. The van der Waals surface area contributed by atoms with Gasteiger partial charge in [-0.1, -0.05) is 59.6 Å². The minimum atomic E-state index is -0.595. The van der Waals surface area contributed by atoms with Crippen LogP contribution >= 0.6 is 23.2 Å². The maximum atomic E-state index is 13.0. The topological polar surface area (TPSA) is 49.4 Å². The van der Waals surface area contributed by atoms with Crippen molar-refractivity contribution in [3.05, 3.63) is 69.7 Å². The molecule has 2 amide bonds. The van der Waals surface area contributed by atoms with Gasteiger partial charge in [0.05, 0.1) is 16.5 Å². The summed E-state index contributed by atoms with van der Waals surface area (Å²) < 4.78 is 0. The zero-order valence-corrected chi connectivity index (χ0v) is 17.2. The van der Waals surface area contributed by atoms with E-state index in [0.717, 1.165) is 11.1 Å². The van der Waals surface area contributed by atoms with Gasteiger partial charge in [0, 0.05) is 12.6 Å². The van der Waals surface area contributed by atoms with Crippen molar-refractivity contribution in [1.29, 1.82) is 0 Å². The molecule has 2 aromatic rings. The molecule has 1 atom stereocenters. The summed E-state index contributed by atoms with van der Waals surface area (Å²) in [5.41, 5.74) is 1.72. The van der Waals surface area contributed by atoms with Crippen LogP contribution in [0, 0.1) is 0 Å². The lowest BCUT2D eigenvalue weighted by Crippen LogP contribution is -2.49. The average Bonchev–Trinajstić information content (AvgIpc) is 2.62. The summed E-state index contributed by atoms with van der Waals surface area (Å²) in [5, 5.41) is 3.72. The molecule has 2 rings (SSSR count). The highest BCUT2D eigenvalue weighted by molar-refractivity contribution is 6.42. The number of nitrogens with one attached hydrogen (secondary N) is 1. The Morgan fingerprint density at radius 1 is 0.963 bits per heavy atom. The van der Waals surface area contributed by atoms with Crippen LogP contribution in [0.25, 0.3) is 0 Å². The highest BCUT2D eigenvalue weighted by Gasteiger charge is 2.26. The maximum Gasteiger partial charge on any atom is 0.242 e. The summed E-state index contributed by atoms with van der Waals surface area (Å²) >= 11 is 12.0. The van der Waals surface area contributed by atoms with Crippen molar-refractivity contribution in [1.82, 2.24) is 10.2 Å². The van der Waals surface area contributed by atoms with Crippen LogP contribution in [-0.2, 0) is 22.6 Å². The molecule has 0 aliphatic carbocycles. The van der Waals surface area contributed by atoms with Gasteiger partial charge in [-0.15, -0.1) is 0 Å². The van der Waals surface area contributed by atoms with Gasteiger partial charge >= 0.3 is 0 Å². The van der Waals surface area contributed by atoms with Crippen LogP contribution in [0.15, 0.2) is 48.5 Å². The molecular formula is C21H24Cl2N2O2. The van der Waals surface area contributed by atoms with Crippen LogP contribution in [0.1, 0.15) is 31.9 Å². The number of amides is 2. The van der Waals surface area contributed by atoms with Gasteiger partial charge in [-0.05, 0) is 44.0 Å². The third-order valence-electron chi connectivity index (χ3n) is 4.13. The van der Waals surface area contributed by atoms with Gasteiger partial charge < -0.3 is 10.2 Å². The predicted molar refractivity (Wildman–Crippen MR) is 110 cm³/mol. The van der Waals surface area contributed by atoms with Crippen molar-refractivity contribution in [2.45, 2.75) is 45.8 Å². The van der Waals surface area contributed by atoms with Crippen molar-refractivity contribution >= 4 is 35.0 Å². The second-order valence-corrected chi connectivity index (χ2v) is 7.59. The summed E-state index contributed by atoms with van der Waals surface area (Å²) in [6, 6.07) is 14.1. The molecule has 4 nitrogen and oxygen atoms in total. The fourth-order valence-corrected chi connectivity index (χ4v) is 3.01. The van der Waals surface area contributed by atoms with Crippen LogP contribution < -0.4 is 5.32 Å². The van der Waals surface area contributed by atoms with Crippen LogP contribution in [0.2, 0.25) is 10.0 Å². The standard InChI is InChI=1S/C21H24Cl2N2O2/c1-14(2)24-21(27)15(3)25(13-16-7-5-4-6-8-16)20(26)12-17-9-10-18(22)19(23)11-17/h4-11,14-15H,12-13H2,1-3H3,(H,24,27). The molecular weight excluding hydrogens is 383 g/mol. The molecule has 0 aliphatic rings. The van der Waals surface area contributed by atoms with E-state index in [0.29, 0.717) is 16.6 Å². The number of benzene rings is 2. The Hall–Kier alpha value is -2.04. The third-order valence-corrected chi connectivity index (χ3v) is 4.87. The van der Waals surface area contributed by atoms with E-state index >= 15 is 0 Å². The Morgan fingerprint density at radius 2 is 1.63 bits per heavy atom. The van der Waals surface area contributed by atoms with Crippen molar-refractivity contribution in [3.8, 4) is 0 Å². The second kappa shape index (κ2) is 9.77. The summed E-state index contributed by atoms with van der Waals surface area (Å²) in [6.45, 7) is 5.88. The highest BCUT2D eigenvalue weighted by atomic mass is 35.5. The van der Waals surface area contributed by atoms with Gasteiger partial charge in [0.15, 0.2) is 0 Å². The molecule has 1 unspecified atom stereocenters. The second-order valence-electron chi connectivity index (χ2n) is 6.77. The molecule has 6 heteroatoms. The molecule has 27 heavy (non-hydrogen) atoms. The van der Waals surface area contributed by atoms with Crippen molar-refractivity contribution in [3.63, 3.8) is 0 Å². The third kappa shape index (κ3) is 6.26. The van der Waals surface area contributed by atoms with E-state index < -0.39 is 6.04 Å². The van der Waals surface area contributed by atoms with Crippen LogP contribution in [0.5, 0.6) is 0 Å². The Morgan fingerprint density at radius 3 is 2.22 bits per heavy atom. The average molecular weight is 407 g/mol. The first-order valence-corrected chi connectivity index (χ1v) is 9.61. The summed E-state index contributed by atoms with van der Waals surface area (Å²) in [5.74, 6) is -0.327. The van der Waals surface area contributed by atoms with E-state index in [9.17, 15) is 9.59 Å². The number of carbonyl (C=O) groups is 2. The maximum absolute atomic E-state index is 13.0. The minimum absolute atomic E-state index is 0.00343. The predicted octanol–water partition coefficient (Wildman–Crippen LogP) is 4.48. The lowest BCUT2D eigenvalue weighted by atomic mass is 10.1. The van der Waals surface area contributed by atoms with Crippen LogP contribution in [-0.4, -0.2) is 28.8 Å². The van der Waals surface area contributed by atoms with E-state index in [-0.39, 0.29) is 24.3 Å². The number of carbonyl (C=O) groups excluding carboxylic acids is 2. The van der Waals surface area contributed by atoms with Gasteiger partial charge in [0.1, 0.15) is 6.04 Å². The zero-order valence-electron chi connectivity index (χ0n) is 15.7. The fraction of sp³-hybridized carbons (Fsp3) is 0.333. The molecule has 2 aromatic carbocycles. The zero-order chi connectivity index (χ0) is 20.0. The Bertz CT molecular complexity index is 794. The van der Waals surface area contributed by atoms with E-state index in [2.05, 4.69) is 5.32 Å². The normalized spacial score (nSPS) is 11.9. The van der Waals surface area contributed by atoms with Crippen LogP contribution in [0.3, 0.4) is 0 Å². The molecule has 0 radical (unpaired) electrons. The SMILES string of the molecule is CC(C)NC(=O)C(C)N(Cc1ccccc1)C(=O)Cc1ccc(Cl)c(Cl)c1. The minimum Gasteiger partial charge on any atom is -0.352 e. The Kier molecular flexibility index (Phi) is 7.69. The van der Waals surface area contributed by atoms with Crippen molar-refractivity contribution < 1.29 is 9.59 Å². The molecule has 144 valence electrons. The lowest BCUT2D eigenvalue weighted by Gasteiger charge is -2.29. The first-order chi connectivity index (χ1) is 12.8. The van der Waals surface area contributed by atoms with Crippen molar-refractivity contribution in [2.24, 2.45) is 0 Å². The quantitative estimate of drug-likeness (QED) is 0.736. The highest BCUT2D eigenvalue weighted by Crippen LogP contribution is 2.23. The van der Waals surface area contributed by atoms with E-state index in [1.807, 2.05) is 44.2 Å². The van der Waals surface area contributed by atoms with Crippen LogP contribution in [0.4, 0.5) is 0 Å². The molecule has 0 spiro atoms. The Labute approximate surface area is 170 Å². The molecule has 0 fully saturated rings. The summed E-state index contributed by atoms with van der Waals surface area (Å²) in [6.07, 6.45) is 0.142. The van der Waals surface area contributed by atoms with Gasteiger partial charge in [-0.2, -0.15) is 0 Å². The molecule has 0 bridgehead atoms. The summed E-state index contributed by atoms with van der Waals surface area (Å²) in [4.78, 5) is 27.1. The number of rotatable bonds is 7. The largest absolute Gasteiger partial charge is 0.352 e. The van der Waals surface area contributed by atoms with Gasteiger partial charge in [0.25, 0.3) is 0 Å². The fourth-order valence-electron chi connectivity index (χ4n) is 2.69. The number of halogens is 2. The van der Waals surface area contributed by atoms with Gasteiger partial charge in [0.2, 0.25) is 11.8 Å². The molecule has 1 N–H and O–H groups in total. The van der Waals surface area contributed by atoms with E-state index in [1.165, 1.54) is 0 Å². The Balaban J connectivity index is 2.22. The number of nitrogens with zero attached hydrogens (tertiary/aromatic N) is 1. The van der Waals surface area contributed by atoms with E-state index in [4.69, 9.17) is 23.2 Å². The summed E-state index contributed by atoms with van der Waals surface area (Å²) in [7, 11) is 0. The molecule has 0 aliphatic heterocycles. The molecule has 0 saturated carbocycles. The van der Waals surface area contributed by atoms with Gasteiger partial charge in [-0.25, -0.2) is 0 Å². The first-order valence-electron chi connectivity index (χ1n) is 8.85. The van der Waals surface area contributed by atoms with Gasteiger partial charge in [-0.3, -0.25) is 9.59 Å². The first kappa shape index (κ1) is 21.3. The monoisotopic (exact) mass is 406 g/mol. The molecule has 0 saturated heterocycles. The molecule has 0 aromatic heterocycles. The smallest absolute Gasteiger partial charge is 0.242 e.